The summed E-state index contributed by atoms with van der Waals surface area (Å²) < 4.78 is 11.5. The zero-order valence-electron chi connectivity index (χ0n) is 13.5. The average Bonchev–Trinajstić information content (AvgIpc) is 3.12. The molecule has 1 atom stereocenters. The lowest BCUT2D eigenvalue weighted by Gasteiger charge is -2.10. The van der Waals surface area contributed by atoms with Crippen molar-refractivity contribution in [3.63, 3.8) is 0 Å². The molecule has 0 radical (unpaired) electrons. The van der Waals surface area contributed by atoms with Gasteiger partial charge >= 0.3 is 0 Å². The molecule has 0 fully saturated rings. The maximum Gasteiger partial charge on any atom is 0.235 e. The molecule has 0 bridgehead atoms. The first-order chi connectivity index (χ1) is 12.4. The van der Waals surface area contributed by atoms with Crippen molar-refractivity contribution in [2.24, 2.45) is 5.16 Å². The largest absolute Gasteiger partial charge is 0.457 e. The fourth-order valence-corrected chi connectivity index (χ4v) is 2.59. The van der Waals surface area contributed by atoms with E-state index >= 15 is 0 Å². The summed E-state index contributed by atoms with van der Waals surface area (Å²) in [6.45, 7) is 0. The van der Waals surface area contributed by atoms with Gasteiger partial charge in [0.25, 0.3) is 0 Å². The molecule has 124 valence electrons. The van der Waals surface area contributed by atoms with Gasteiger partial charge < -0.3 is 14.3 Å². The molecule has 1 aliphatic heterocycles. The average molecular weight is 331 g/mol. The summed E-state index contributed by atoms with van der Waals surface area (Å²) in [6, 6.07) is 27.1. The maximum atomic E-state index is 5.80. The summed E-state index contributed by atoms with van der Waals surface area (Å²) in [5.41, 5.74) is 1.04. The second kappa shape index (κ2) is 7.09. The molecule has 3 aromatic carbocycles. The van der Waals surface area contributed by atoms with Crippen LogP contribution in [0.5, 0.6) is 17.2 Å². The van der Waals surface area contributed by atoms with Crippen LogP contribution in [0.25, 0.3) is 0 Å². The second-order valence-electron chi connectivity index (χ2n) is 5.68. The minimum Gasteiger partial charge on any atom is -0.457 e. The first kappa shape index (κ1) is 15.3. The predicted octanol–water partition coefficient (Wildman–Crippen LogP) is 5.33. The summed E-state index contributed by atoms with van der Waals surface area (Å²) in [7, 11) is 0. The van der Waals surface area contributed by atoms with Crippen molar-refractivity contribution < 1.29 is 14.3 Å². The van der Waals surface area contributed by atoms with Gasteiger partial charge in [-0.15, -0.1) is 0 Å². The molecule has 0 unspecified atom stereocenters. The van der Waals surface area contributed by atoms with Gasteiger partial charge in [0.1, 0.15) is 17.2 Å². The summed E-state index contributed by atoms with van der Waals surface area (Å²) in [5, 5.41) is 4.04. The fourth-order valence-electron chi connectivity index (χ4n) is 2.59. The van der Waals surface area contributed by atoms with Gasteiger partial charge in [0.05, 0.1) is 6.42 Å². The van der Waals surface area contributed by atoms with Crippen LogP contribution in [0.2, 0.25) is 0 Å². The van der Waals surface area contributed by atoms with Crippen molar-refractivity contribution in [1.82, 2.24) is 0 Å². The Morgan fingerprint density at radius 3 is 1.88 bits per heavy atom. The third-order valence-electron chi connectivity index (χ3n) is 3.85. The van der Waals surface area contributed by atoms with Crippen molar-refractivity contribution in [2.45, 2.75) is 12.5 Å². The Balaban J connectivity index is 1.37. The third-order valence-corrected chi connectivity index (χ3v) is 3.85. The number of benzene rings is 3. The molecule has 0 aliphatic carbocycles. The number of oxime groups is 1. The van der Waals surface area contributed by atoms with Crippen LogP contribution in [0.1, 0.15) is 18.1 Å². The molecule has 0 saturated heterocycles. The first-order valence-corrected chi connectivity index (χ1v) is 8.15. The molecule has 4 heteroatoms. The highest BCUT2D eigenvalue weighted by Gasteiger charge is 2.24. The van der Waals surface area contributed by atoms with E-state index in [1.165, 1.54) is 0 Å². The quantitative estimate of drug-likeness (QED) is 0.648. The Morgan fingerprint density at radius 2 is 1.24 bits per heavy atom. The van der Waals surface area contributed by atoms with Gasteiger partial charge in [0.2, 0.25) is 5.90 Å². The normalized spacial score (nSPS) is 16.0. The van der Waals surface area contributed by atoms with Gasteiger partial charge in [-0.1, -0.05) is 53.7 Å². The second-order valence-corrected chi connectivity index (χ2v) is 5.68. The summed E-state index contributed by atoms with van der Waals surface area (Å²) in [6.07, 6.45) is 0.470. The number of rotatable bonds is 4. The van der Waals surface area contributed by atoms with E-state index in [2.05, 4.69) is 5.16 Å². The van der Waals surface area contributed by atoms with E-state index in [0.717, 1.165) is 22.8 Å². The van der Waals surface area contributed by atoms with Crippen LogP contribution in [-0.2, 0) is 4.84 Å². The summed E-state index contributed by atoms with van der Waals surface area (Å²) in [5.74, 6) is 2.95. The number of hydrogen-bond acceptors (Lipinski definition) is 4. The van der Waals surface area contributed by atoms with Gasteiger partial charge in [-0.3, -0.25) is 0 Å². The van der Waals surface area contributed by atoms with Gasteiger partial charge in [-0.25, -0.2) is 0 Å². The van der Waals surface area contributed by atoms with E-state index in [-0.39, 0.29) is 6.10 Å². The van der Waals surface area contributed by atoms with Crippen LogP contribution in [0, 0.1) is 0 Å². The van der Waals surface area contributed by atoms with E-state index in [9.17, 15) is 0 Å². The van der Waals surface area contributed by atoms with E-state index in [4.69, 9.17) is 14.3 Å². The maximum absolute atomic E-state index is 5.80. The lowest BCUT2D eigenvalue weighted by atomic mass is 10.1. The molecule has 3 aromatic rings. The predicted molar refractivity (Wildman–Crippen MR) is 95.9 cm³/mol. The Bertz CT molecular complexity index is 845. The molecule has 0 N–H and O–H groups in total. The molecule has 25 heavy (non-hydrogen) atoms. The van der Waals surface area contributed by atoms with E-state index in [1.54, 1.807) is 0 Å². The molecule has 0 spiro atoms. The number of hydrogen-bond donors (Lipinski definition) is 0. The fraction of sp³-hybridized carbons (Fsp3) is 0.0952. The van der Waals surface area contributed by atoms with Crippen LogP contribution in [0.4, 0.5) is 0 Å². The van der Waals surface area contributed by atoms with Crippen molar-refractivity contribution in [3.05, 3.63) is 90.5 Å². The van der Waals surface area contributed by atoms with Crippen LogP contribution in [0.3, 0.4) is 0 Å². The minimum absolute atomic E-state index is 0.135. The minimum atomic E-state index is -0.135. The van der Waals surface area contributed by atoms with Crippen molar-refractivity contribution >= 4 is 5.90 Å². The Hall–Kier alpha value is -3.27. The smallest absolute Gasteiger partial charge is 0.235 e. The molecular weight excluding hydrogens is 314 g/mol. The van der Waals surface area contributed by atoms with Crippen LogP contribution < -0.4 is 9.47 Å². The Kier molecular flexibility index (Phi) is 4.33. The van der Waals surface area contributed by atoms with Crippen LogP contribution in [-0.4, -0.2) is 5.90 Å². The Morgan fingerprint density at radius 1 is 0.680 bits per heavy atom. The number of ether oxygens (including phenoxy) is 2. The molecular formula is C21H17NO3. The van der Waals surface area contributed by atoms with Gasteiger partial charge in [0.15, 0.2) is 6.10 Å². The van der Waals surface area contributed by atoms with Crippen LogP contribution >= 0.6 is 0 Å². The molecule has 1 heterocycles. The van der Waals surface area contributed by atoms with E-state index < -0.39 is 0 Å². The monoisotopic (exact) mass is 331 g/mol. The molecule has 0 aromatic heterocycles. The molecule has 0 saturated carbocycles. The lowest BCUT2D eigenvalue weighted by Crippen LogP contribution is -2.07. The highest BCUT2D eigenvalue weighted by molar-refractivity contribution is 5.79. The standard InChI is InChI=1S/C21H17NO3/c1-3-7-17(8-4-1)23-19-13-11-16(12-14-19)20-15-21(22-25-20)24-18-9-5-2-6-10-18/h1-14,20H,15H2/t20-/m1/s1. The van der Waals surface area contributed by atoms with Crippen molar-refractivity contribution in [3.8, 4) is 17.2 Å². The molecule has 0 amide bonds. The Labute approximate surface area is 146 Å². The van der Waals surface area contributed by atoms with Crippen molar-refractivity contribution in [1.29, 1.82) is 0 Å². The summed E-state index contributed by atoms with van der Waals surface area (Å²) >= 11 is 0. The van der Waals surface area contributed by atoms with Gasteiger partial charge in [0, 0.05) is 0 Å². The molecule has 4 nitrogen and oxygen atoms in total. The SMILES string of the molecule is c1ccc(OC2=NO[C@@H](c3ccc(Oc4ccccc4)cc3)C2)cc1. The zero-order chi connectivity index (χ0) is 16.9. The van der Waals surface area contributed by atoms with E-state index in [0.29, 0.717) is 12.3 Å². The first-order valence-electron chi connectivity index (χ1n) is 8.15. The number of para-hydroxylation sites is 2. The van der Waals surface area contributed by atoms with E-state index in [1.807, 2.05) is 84.9 Å². The van der Waals surface area contributed by atoms with Crippen molar-refractivity contribution in [2.75, 3.05) is 0 Å². The summed E-state index contributed by atoms with van der Waals surface area (Å²) in [4.78, 5) is 5.50. The third kappa shape index (κ3) is 3.80. The topological polar surface area (TPSA) is 40.0 Å². The molecule has 1 aliphatic rings. The lowest BCUT2D eigenvalue weighted by molar-refractivity contribution is 0.0855. The highest BCUT2D eigenvalue weighted by atomic mass is 16.7. The highest BCUT2D eigenvalue weighted by Crippen LogP contribution is 2.30. The number of nitrogens with zero attached hydrogens (tertiary/aromatic N) is 1. The van der Waals surface area contributed by atoms with Crippen LogP contribution in [0.15, 0.2) is 90.1 Å². The molecule has 4 rings (SSSR count). The van der Waals surface area contributed by atoms with Gasteiger partial charge in [-0.2, -0.15) is 0 Å². The zero-order valence-corrected chi connectivity index (χ0v) is 13.5. The van der Waals surface area contributed by atoms with Gasteiger partial charge in [-0.05, 0) is 42.0 Å².